The predicted molar refractivity (Wildman–Crippen MR) is 118 cm³/mol. The Balaban J connectivity index is 2.56. The monoisotopic (exact) mass is 451 g/mol. The lowest BCUT2D eigenvalue weighted by Crippen LogP contribution is -2.40. The molecule has 0 bridgehead atoms. The fourth-order valence-electron chi connectivity index (χ4n) is 3.50. The third-order valence-electron chi connectivity index (χ3n) is 4.94. The summed E-state index contributed by atoms with van der Waals surface area (Å²) >= 11 is 0. The van der Waals surface area contributed by atoms with Crippen molar-refractivity contribution in [1.82, 2.24) is 4.90 Å². The van der Waals surface area contributed by atoms with Crippen LogP contribution in [-0.4, -0.2) is 49.4 Å². The summed E-state index contributed by atoms with van der Waals surface area (Å²) in [7, 11) is 1.21. The van der Waals surface area contributed by atoms with Gasteiger partial charge in [-0.05, 0) is 59.1 Å². The number of benzene rings is 1. The van der Waals surface area contributed by atoms with E-state index in [0.29, 0.717) is 11.1 Å². The summed E-state index contributed by atoms with van der Waals surface area (Å²) in [5.41, 5.74) is -0.194. The molecule has 6 nitrogen and oxygen atoms in total. The molecule has 0 N–H and O–H groups in total. The second-order valence-corrected chi connectivity index (χ2v) is 8.57. The molecule has 0 atom stereocenters. The van der Waals surface area contributed by atoms with Gasteiger partial charge in [-0.3, -0.25) is 0 Å². The molecule has 1 heterocycles. The highest BCUT2D eigenvalue weighted by Gasteiger charge is 2.32. The van der Waals surface area contributed by atoms with Crippen molar-refractivity contribution in [2.45, 2.75) is 53.1 Å². The maximum atomic E-state index is 15.5. The fraction of sp³-hybridized carbons (Fsp3) is 0.500. The quantitative estimate of drug-likeness (QED) is 0.446. The van der Waals surface area contributed by atoms with Crippen molar-refractivity contribution in [1.29, 1.82) is 0 Å². The van der Waals surface area contributed by atoms with Crippen LogP contribution in [0, 0.1) is 11.6 Å². The number of nitrogens with zero attached hydrogens (tertiary/aromatic N) is 1. The van der Waals surface area contributed by atoms with Gasteiger partial charge in [0.2, 0.25) is 0 Å². The molecule has 0 saturated carbocycles. The molecule has 0 aromatic heterocycles. The lowest BCUT2D eigenvalue weighted by Gasteiger charge is -2.32. The van der Waals surface area contributed by atoms with Gasteiger partial charge in [0.05, 0.1) is 24.9 Å². The zero-order valence-electron chi connectivity index (χ0n) is 19.6. The number of carbonyl (C=O) groups is 2. The number of ether oxygens (including phenoxy) is 3. The first kappa shape index (κ1) is 25.4. The van der Waals surface area contributed by atoms with Crippen LogP contribution in [-0.2, 0) is 14.3 Å². The SMILES string of the molecule is C=C(C)c1cc(F)c(OC)c(C(C(=O)OCC)=C2CCN(C(=O)OC(C)(C)C)CC2)c1F. The number of carbonyl (C=O) groups excluding carboxylic acids is 2. The summed E-state index contributed by atoms with van der Waals surface area (Å²) < 4.78 is 46.0. The standard InChI is InChI=1S/C24H31F2NO5/c1-8-31-22(28)18(15-9-11-27(12-10-15)23(29)32-24(4,5)6)19-20(26)16(14(2)3)13-17(25)21(19)30-7/h13H,2,8-12H2,1,3-7H3. The lowest BCUT2D eigenvalue weighted by molar-refractivity contribution is -0.136. The van der Waals surface area contributed by atoms with Gasteiger partial charge in [-0.1, -0.05) is 12.2 Å². The molecule has 1 saturated heterocycles. The van der Waals surface area contributed by atoms with Crippen molar-refractivity contribution < 1.29 is 32.6 Å². The van der Waals surface area contributed by atoms with E-state index < -0.39 is 29.3 Å². The Hall–Kier alpha value is -2.90. The highest BCUT2D eigenvalue weighted by Crippen LogP contribution is 2.39. The lowest BCUT2D eigenvalue weighted by atomic mass is 9.90. The first-order valence-electron chi connectivity index (χ1n) is 10.5. The summed E-state index contributed by atoms with van der Waals surface area (Å²) in [6.45, 7) is 12.8. The number of halogens is 2. The second kappa shape index (κ2) is 10.1. The smallest absolute Gasteiger partial charge is 0.410 e. The minimum absolute atomic E-state index is 0.0492. The topological polar surface area (TPSA) is 65.1 Å². The Morgan fingerprint density at radius 1 is 1.19 bits per heavy atom. The molecule has 8 heteroatoms. The number of likely N-dealkylation sites (tertiary alicyclic amines) is 1. The van der Waals surface area contributed by atoms with E-state index in [9.17, 15) is 14.0 Å². The molecule has 1 aliphatic rings. The largest absolute Gasteiger partial charge is 0.493 e. The maximum Gasteiger partial charge on any atom is 0.410 e. The van der Waals surface area contributed by atoms with Gasteiger partial charge in [0, 0.05) is 18.7 Å². The van der Waals surface area contributed by atoms with Gasteiger partial charge in [0.1, 0.15) is 11.4 Å². The normalized spacial score (nSPS) is 14.1. The van der Waals surface area contributed by atoms with Crippen LogP contribution in [0.2, 0.25) is 0 Å². The zero-order valence-corrected chi connectivity index (χ0v) is 19.6. The number of hydrogen-bond donors (Lipinski definition) is 0. The minimum Gasteiger partial charge on any atom is -0.493 e. The number of esters is 1. The number of hydrogen-bond acceptors (Lipinski definition) is 5. The first-order chi connectivity index (χ1) is 14.9. The number of allylic oxidation sites excluding steroid dienone is 1. The molecule has 176 valence electrons. The van der Waals surface area contributed by atoms with Crippen molar-refractivity contribution in [3.63, 3.8) is 0 Å². The van der Waals surface area contributed by atoms with Crippen LogP contribution in [0.15, 0.2) is 18.2 Å². The molecule has 1 amide bonds. The van der Waals surface area contributed by atoms with Crippen LogP contribution in [0.3, 0.4) is 0 Å². The predicted octanol–water partition coefficient (Wildman–Crippen LogP) is 5.35. The highest BCUT2D eigenvalue weighted by molar-refractivity contribution is 6.18. The number of piperidine rings is 1. The van der Waals surface area contributed by atoms with E-state index in [2.05, 4.69) is 6.58 Å². The average molecular weight is 452 g/mol. The van der Waals surface area contributed by atoms with E-state index in [1.165, 1.54) is 12.0 Å². The second-order valence-electron chi connectivity index (χ2n) is 8.57. The number of rotatable bonds is 5. The molecule has 2 rings (SSSR count). The molecule has 0 radical (unpaired) electrons. The van der Waals surface area contributed by atoms with Crippen LogP contribution >= 0.6 is 0 Å². The summed E-state index contributed by atoms with van der Waals surface area (Å²) in [5, 5.41) is 0. The van der Waals surface area contributed by atoms with Crippen molar-refractivity contribution in [2.75, 3.05) is 26.8 Å². The van der Waals surface area contributed by atoms with Gasteiger partial charge in [-0.25, -0.2) is 18.4 Å². The van der Waals surface area contributed by atoms with E-state index >= 15 is 4.39 Å². The summed E-state index contributed by atoms with van der Waals surface area (Å²) in [4.78, 5) is 26.8. The molecule has 0 spiro atoms. The molecule has 1 aromatic carbocycles. The van der Waals surface area contributed by atoms with Gasteiger partial charge < -0.3 is 19.1 Å². The number of methoxy groups -OCH3 is 1. The van der Waals surface area contributed by atoms with E-state index in [0.717, 1.165) is 6.07 Å². The Morgan fingerprint density at radius 2 is 1.78 bits per heavy atom. The maximum absolute atomic E-state index is 15.5. The molecule has 1 aromatic rings. The minimum atomic E-state index is -0.810. The van der Waals surface area contributed by atoms with Crippen molar-refractivity contribution in [2.24, 2.45) is 0 Å². The van der Waals surface area contributed by atoms with Crippen LogP contribution in [0.5, 0.6) is 5.75 Å². The molecular formula is C24H31F2NO5. The van der Waals surface area contributed by atoms with Crippen molar-refractivity contribution in [3.8, 4) is 5.75 Å². The molecule has 1 fully saturated rings. The van der Waals surface area contributed by atoms with E-state index in [4.69, 9.17) is 14.2 Å². The Bertz CT molecular complexity index is 937. The molecular weight excluding hydrogens is 420 g/mol. The third-order valence-corrected chi connectivity index (χ3v) is 4.94. The van der Waals surface area contributed by atoms with Crippen LogP contribution < -0.4 is 4.74 Å². The molecule has 32 heavy (non-hydrogen) atoms. The van der Waals surface area contributed by atoms with Gasteiger partial charge >= 0.3 is 12.1 Å². The van der Waals surface area contributed by atoms with Crippen LogP contribution in [0.4, 0.5) is 13.6 Å². The van der Waals surface area contributed by atoms with E-state index in [1.54, 1.807) is 34.6 Å². The third kappa shape index (κ3) is 5.66. The Labute approximate surface area is 187 Å². The summed E-state index contributed by atoms with van der Waals surface area (Å²) in [6.07, 6.45) is 0.0809. The van der Waals surface area contributed by atoms with Gasteiger partial charge in [-0.15, -0.1) is 0 Å². The Kier molecular flexibility index (Phi) is 8.04. The summed E-state index contributed by atoms with van der Waals surface area (Å²) in [5.74, 6) is -2.77. The zero-order chi connectivity index (χ0) is 24.2. The average Bonchev–Trinajstić information content (AvgIpc) is 2.69. The first-order valence-corrected chi connectivity index (χ1v) is 10.5. The fourth-order valence-corrected chi connectivity index (χ4v) is 3.50. The van der Waals surface area contributed by atoms with E-state index in [1.807, 2.05) is 0 Å². The van der Waals surface area contributed by atoms with Gasteiger partial charge in [-0.2, -0.15) is 0 Å². The summed E-state index contributed by atoms with van der Waals surface area (Å²) in [6, 6.07) is 0.999. The van der Waals surface area contributed by atoms with Gasteiger partial charge in [0.25, 0.3) is 0 Å². The van der Waals surface area contributed by atoms with Crippen LogP contribution in [0.1, 0.15) is 58.6 Å². The molecule has 1 aliphatic heterocycles. The highest BCUT2D eigenvalue weighted by atomic mass is 19.1. The van der Waals surface area contributed by atoms with Crippen molar-refractivity contribution in [3.05, 3.63) is 41.0 Å². The van der Waals surface area contributed by atoms with E-state index in [-0.39, 0.29) is 55.0 Å². The number of amides is 1. The van der Waals surface area contributed by atoms with Crippen LogP contribution in [0.25, 0.3) is 11.1 Å². The van der Waals surface area contributed by atoms with Gasteiger partial charge in [0.15, 0.2) is 11.6 Å². The molecule has 0 aliphatic carbocycles. The van der Waals surface area contributed by atoms with Crippen molar-refractivity contribution >= 4 is 23.2 Å². The Morgan fingerprint density at radius 3 is 2.25 bits per heavy atom. The molecule has 0 unspecified atom stereocenters.